The van der Waals surface area contributed by atoms with E-state index in [-0.39, 0.29) is 0 Å². The van der Waals surface area contributed by atoms with Crippen molar-refractivity contribution in [3.8, 4) is 5.75 Å². The van der Waals surface area contributed by atoms with Gasteiger partial charge in [-0.3, -0.25) is 0 Å². The van der Waals surface area contributed by atoms with Crippen LogP contribution < -0.4 is 9.64 Å². The Morgan fingerprint density at radius 2 is 1.87 bits per heavy atom. The van der Waals surface area contributed by atoms with E-state index < -0.39 is 24.3 Å². The Bertz CT molecular complexity index is 1020. The highest BCUT2D eigenvalue weighted by atomic mass is 16.5. The van der Waals surface area contributed by atoms with Gasteiger partial charge in [-0.2, -0.15) is 4.98 Å². The lowest BCUT2D eigenvalue weighted by Gasteiger charge is -2.14. The zero-order chi connectivity index (χ0) is 21.5. The van der Waals surface area contributed by atoms with Crippen LogP contribution in [0.1, 0.15) is 5.56 Å². The molecule has 0 unspecified atom stereocenters. The van der Waals surface area contributed by atoms with Crippen molar-refractivity contribution in [3.05, 3.63) is 59.9 Å². The van der Waals surface area contributed by atoms with E-state index in [4.69, 9.17) is 24.1 Å². The molecule has 0 saturated carbocycles. The molecule has 30 heavy (non-hydrogen) atoms. The molecular formula is C21H20N2O7. The van der Waals surface area contributed by atoms with E-state index in [1.807, 2.05) is 36.2 Å². The summed E-state index contributed by atoms with van der Waals surface area (Å²) in [5.74, 6) is -2.46. The van der Waals surface area contributed by atoms with Gasteiger partial charge in [-0.15, -0.1) is 0 Å². The number of para-hydroxylation sites is 2. The molecule has 3 rings (SSSR count). The Balaban J connectivity index is 1.54. The second-order valence-corrected chi connectivity index (χ2v) is 6.30. The van der Waals surface area contributed by atoms with Crippen molar-refractivity contribution in [1.82, 2.24) is 4.98 Å². The molecular weight excluding hydrogens is 392 g/mol. The molecule has 0 bridgehead atoms. The van der Waals surface area contributed by atoms with E-state index in [2.05, 4.69) is 4.98 Å². The lowest BCUT2D eigenvalue weighted by Crippen LogP contribution is -2.23. The van der Waals surface area contributed by atoms with Crippen molar-refractivity contribution in [1.29, 1.82) is 0 Å². The summed E-state index contributed by atoms with van der Waals surface area (Å²) >= 11 is 0. The third-order valence-corrected chi connectivity index (χ3v) is 4.04. The molecule has 0 aliphatic rings. The minimum absolute atomic E-state index is 0.381. The highest BCUT2D eigenvalue weighted by Gasteiger charge is 2.12. The number of aliphatic carboxylic acids is 2. The zero-order valence-electron chi connectivity index (χ0n) is 16.1. The number of hydrogen-bond acceptors (Lipinski definition) is 7. The Labute approximate surface area is 171 Å². The third-order valence-electron chi connectivity index (χ3n) is 4.04. The molecule has 156 valence electrons. The van der Waals surface area contributed by atoms with E-state index >= 15 is 0 Å². The molecule has 1 heterocycles. The van der Waals surface area contributed by atoms with Crippen molar-refractivity contribution < 1.29 is 33.7 Å². The second kappa shape index (κ2) is 9.46. The Morgan fingerprint density at radius 3 is 2.53 bits per heavy atom. The maximum atomic E-state index is 11.1. The fourth-order valence-corrected chi connectivity index (χ4v) is 2.54. The number of oxazole rings is 1. The topological polar surface area (TPSA) is 122 Å². The summed E-state index contributed by atoms with van der Waals surface area (Å²) in [6.07, 6.45) is 1.25. The fourth-order valence-electron chi connectivity index (χ4n) is 2.54. The Morgan fingerprint density at radius 1 is 1.13 bits per heavy atom. The predicted octanol–water partition coefficient (Wildman–Crippen LogP) is 2.87. The molecule has 0 atom stereocenters. The number of carboxylic acids is 2. The number of carbonyl (C=O) groups is 2. The van der Waals surface area contributed by atoms with Gasteiger partial charge in [0.1, 0.15) is 17.9 Å². The van der Waals surface area contributed by atoms with Gasteiger partial charge in [-0.25, -0.2) is 9.59 Å². The SMILES string of the molecule is CN(CCOc1ccc(/C=C(\OCC(=O)O)C(=O)O)cc1)c1nc2ccccc2o1. The number of nitrogens with zero attached hydrogens (tertiary/aromatic N) is 2. The van der Waals surface area contributed by atoms with Gasteiger partial charge in [0.15, 0.2) is 12.2 Å². The zero-order valence-corrected chi connectivity index (χ0v) is 16.1. The monoisotopic (exact) mass is 412 g/mol. The maximum Gasteiger partial charge on any atom is 0.371 e. The number of anilines is 1. The average molecular weight is 412 g/mol. The molecule has 0 spiro atoms. The van der Waals surface area contributed by atoms with E-state index in [1.165, 1.54) is 6.08 Å². The fraction of sp³-hybridized carbons (Fsp3) is 0.190. The molecule has 0 saturated heterocycles. The third kappa shape index (κ3) is 5.51. The number of benzene rings is 2. The van der Waals surface area contributed by atoms with Gasteiger partial charge in [0.05, 0.1) is 6.54 Å². The van der Waals surface area contributed by atoms with Gasteiger partial charge >= 0.3 is 11.9 Å². The molecule has 0 amide bonds. The first-order valence-electron chi connectivity index (χ1n) is 9.01. The molecule has 3 aromatic rings. The second-order valence-electron chi connectivity index (χ2n) is 6.30. The van der Waals surface area contributed by atoms with E-state index in [0.29, 0.717) is 30.5 Å². The summed E-state index contributed by atoms with van der Waals surface area (Å²) < 4.78 is 16.2. The van der Waals surface area contributed by atoms with Crippen LogP contribution in [0, 0.1) is 0 Å². The van der Waals surface area contributed by atoms with Gasteiger partial charge < -0.3 is 29.0 Å². The highest BCUT2D eigenvalue weighted by Crippen LogP contribution is 2.21. The minimum Gasteiger partial charge on any atom is -0.492 e. The Kier molecular flexibility index (Phi) is 6.53. The van der Waals surface area contributed by atoms with Gasteiger partial charge in [-0.1, -0.05) is 24.3 Å². The number of hydrogen-bond donors (Lipinski definition) is 2. The van der Waals surface area contributed by atoms with Crippen molar-refractivity contribution in [2.45, 2.75) is 0 Å². The van der Waals surface area contributed by atoms with E-state index in [9.17, 15) is 9.59 Å². The van der Waals surface area contributed by atoms with Crippen molar-refractivity contribution >= 4 is 35.1 Å². The summed E-state index contributed by atoms with van der Waals surface area (Å²) in [6.45, 7) is 0.195. The quantitative estimate of drug-likeness (QED) is 0.382. The molecule has 0 aliphatic carbocycles. The average Bonchev–Trinajstić information content (AvgIpc) is 3.16. The van der Waals surface area contributed by atoms with Crippen molar-refractivity contribution in [2.24, 2.45) is 0 Å². The summed E-state index contributed by atoms with van der Waals surface area (Å²) in [5.41, 5.74) is 2.04. The van der Waals surface area contributed by atoms with Crippen LogP contribution in [0.2, 0.25) is 0 Å². The van der Waals surface area contributed by atoms with Crippen LogP contribution in [0.4, 0.5) is 6.01 Å². The first-order valence-corrected chi connectivity index (χ1v) is 9.01. The molecule has 0 radical (unpaired) electrons. The minimum atomic E-state index is -1.35. The molecule has 2 aromatic carbocycles. The molecule has 0 fully saturated rings. The molecule has 2 N–H and O–H groups in total. The first-order chi connectivity index (χ1) is 14.4. The summed E-state index contributed by atoms with van der Waals surface area (Å²) in [4.78, 5) is 27.9. The molecule has 0 aliphatic heterocycles. The Hall–Kier alpha value is -4.01. The van der Waals surface area contributed by atoms with Crippen LogP contribution in [-0.2, 0) is 14.3 Å². The van der Waals surface area contributed by atoms with Gasteiger partial charge in [-0.05, 0) is 35.9 Å². The lowest BCUT2D eigenvalue weighted by molar-refractivity contribution is -0.143. The van der Waals surface area contributed by atoms with E-state index in [1.54, 1.807) is 24.3 Å². The van der Waals surface area contributed by atoms with Crippen LogP contribution >= 0.6 is 0 Å². The van der Waals surface area contributed by atoms with Crippen molar-refractivity contribution in [3.63, 3.8) is 0 Å². The van der Waals surface area contributed by atoms with Gasteiger partial charge in [0.2, 0.25) is 5.76 Å². The molecule has 9 heteroatoms. The van der Waals surface area contributed by atoms with Crippen LogP contribution in [0.3, 0.4) is 0 Å². The lowest BCUT2D eigenvalue weighted by atomic mass is 10.2. The highest BCUT2D eigenvalue weighted by molar-refractivity contribution is 5.90. The number of rotatable bonds is 10. The smallest absolute Gasteiger partial charge is 0.371 e. The summed E-state index contributed by atoms with van der Waals surface area (Å²) in [5, 5.41) is 17.7. The van der Waals surface area contributed by atoms with Crippen LogP contribution in [-0.4, -0.2) is 53.9 Å². The molecule has 1 aromatic heterocycles. The number of likely N-dealkylation sites (N-methyl/N-ethyl adjacent to an activating group) is 1. The largest absolute Gasteiger partial charge is 0.492 e. The summed E-state index contributed by atoms with van der Waals surface area (Å²) in [7, 11) is 1.85. The van der Waals surface area contributed by atoms with E-state index in [0.717, 1.165) is 11.1 Å². The van der Waals surface area contributed by atoms with Crippen molar-refractivity contribution in [2.75, 3.05) is 31.7 Å². The number of aromatic nitrogens is 1. The standard InChI is InChI=1S/C21H20N2O7/c1-23(21-22-16-4-2-3-5-17(16)30-21)10-11-28-15-8-6-14(7-9-15)12-18(20(26)27)29-13-19(24)25/h2-9,12H,10-11,13H2,1H3,(H,24,25)(H,26,27)/b18-12-. The first kappa shape index (κ1) is 20.7. The summed E-state index contributed by atoms with van der Waals surface area (Å²) in [6, 6.07) is 14.7. The van der Waals surface area contributed by atoms with Gasteiger partial charge in [0, 0.05) is 7.05 Å². The molecule has 9 nitrogen and oxygen atoms in total. The maximum absolute atomic E-state index is 11.1. The van der Waals surface area contributed by atoms with Crippen LogP contribution in [0.15, 0.2) is 58.7 Å². The predicted molar refractivity (Wildman–Crippen MR) is 108 cm³/mol. The number of fused-ring (bicyclic) bond motifs is 1. The van der Waals surface area contributed by atoms with Crippen LogP contribution in [0.5, 0.6) is 5.75 Å². The van der Waals surface area contributed by atoms with Gasteiger partial charge in [0.25, 0.3) is 6.01 Å². The normalized spacial score (nSPS) is 11.3. The van der Waals surface area contributed by atoms with Crippen LogP contribution in [0.25, 0.3) is 17.2 Å². The number of ether oxygens (including phenoxy) is 2. The number of carboxylic acid groups (broad SMARTS) is 2.